The SMILES string of the molecule is CC=CCCc1ccc(CCC2CCC(CCc3ccc(OC)c(CCCCC)c3)CC2)cc1. The molecular weight excluding hydrogens is 412 g/mol. The maximum Gasteiger partial charge on any atom is 0.122 e. The van der Waals surface area contributed by atoms with Crippen LogP contribution in [0.3, 0.4) is 0 Å². The lowest BCUT2D eigenvalue weighted by Gasteiger charge is -2.28. The van der Waals surface area contributed by atoms with Gasteiger partial charge in [0.05, 0.1) is 7.11 Å². The van der Waals surface area contributed by atoms with Crippen molar-refractivity contribution in [2.45, 2.75) is 104 Å². The molecule has 1 heteroatoms. The van der Waals surface area contributed by atoms with E-state index in [0.717, 1.165) is 36.8 Å². The second-order valence-electron chi connectivity index (χ2n) is 10.5. The molecule has 1 aliphatic rings. The Kier molecular flexibility index (Phi) is 11.8. The topological polar surface area (TPSA) is 9.23 Å². The quantitative estimate of drug-likeness (QED) is 0.201. The zero-order chi connectivity index (χ0) is 24.0. The van der Waals surface area contributed by atoms with E-state index in [0.29, 0.717) is 0 Å². The monoisotopic (exact) mass is 460 g/mol. The average molecular weight is 461 g/mol. The molecule has 1 nitrogen and oxygen atoms in total. The molecule has 0 bridgehead atoms. The number of rotatable bonds is 14. The summed E-state index contributed by atoms with van der Waals surface area (Å²) in [5, 5.41) is 0. The smallest absolute Gasteiger partial charge is 0.122 e. The van der Waals surface area contributed by atoms with Crippen LogP contribution in [0.15, 0.2) is 54.6 Å². The molecule has 2 aromatic carbocycles. The molecule has 0 amide bonds. The molecule has 0 atom stereocenters. The van der Waals surface area contributed by atoms with Gasteiger partial charge in [0.25, 0.3) is 0 Å². The molecule has 0 heterocycles. The van der Waals surface area contributed by atoms with Crippen LogP contribution in [0.2, 0.25) is 0 Å². The van der Waals surface area contributed by atoms with Crippen molar-refractivity contribution in [3.05, 3.63) is 76.9 Å². The minimum absolute atomic E-state index is 0.915. The summed E-state index contributed by atoms with van der Waals surface area (Å²) in [4.78, 5) is 0. The summed E-state index contributed by atoms with van der Waals surface area (Å²) < 4.78 is 5.62. The van der Waals surface area contributed by atoms with E-state index >= 15 is 0 Å². The number of allylic oxidation sites excluding steroid dienone is 2. The molecule has 0 spiro atoms. The second kappa shape index (κ2) is 15.1. The minimum atomic E-state index is 0.915. The van der Waals surface area contributed by atoms with Gasteiger partial charge in [-0.05, 0) is 98.4 Å². The number of aryl methyl sites for hydroxylation is 4. The number of unbranched alkanes of at least 4 members (excludes halogenated alkanes) is 2. The van der Waals surface area contributed by atoms with Crippen LogP contribution in [0.4, 0.5) is 0 Å². The molecule has 0 saturated heterocycles. The fraction of sp³-hybridized carbons (Fsp3) is 0.576. The van der Waals surface area contributed by atoms with Crippen LogP contribution >= 0.6 is 0 Å². The van der Waals surface area contributed by atoms with E-state index in [1.54, 1.807) is 7.11 Å². The first-order valence-electron chi connectivity index (χ1n) is 14.1. The number of ether oxygens (including phenoxy) is 1. The lowest BCUT2D eigenvalue weighted by Crippen LogP contribution is -2.16. The normalized spacial score (nSPS) is 18.4. The number of methoxy groups -OCH3 is 1. The van der Waals surface area contributed by atoms with Crippen LogP contribution in [0.1, 0.15) is 100 Å². The maximum atomic E-state index is 5.62. The zero-order valence-electron chi connectivity index (χ0n) is 22.2. The van der Waals surface area contributed by atoms with Gasteiger partial charge in [0.1, 0.15) is 5.75 Å². The summed E-state index contributed by atoms with van der Waals surface area (Å²) in [6, 6.07) is 16.3. The molecule has 1 saturated carbocycles. The molecule has 186 valence electrons. The van der Waals surface area contributed by atoms with Gasteiger partial charge < -0.3 is 4.74 Å². The van der Waals surface area contributed by atoms with E-state index in [-0.39, 0.29) is 0 Å². The molecule has 0 N–H and O–H groups in total. The van der Waals surface area contributed by atoms with Crippen LogP contribution in [0.25, 0.3) is 0 Å². The third-order valence-corrected chi connectivity index (χ3v) is 7.90. The second-order valence-corrected chi connectivity index (χ2v) is 10.5. The van der Waals surface area contributed by atoms with E-state index in [9.17, 15) is 0 Å². The number of hydrogen-bond donors (Lipinski definition) is 0. The van der Waals surface area contributed by atoms with Gasteiger partial charge in [-0.3, -0.25) is 0 Å². The number of hydrogen-bond acceptors (Lipinski definition) is 1. The largest absolute Gasteiger partial charge is 0.496 e. The third kappa shape index (κ3) is 8.97. The van der Waals surface area contributed by atoms with Gasteiger partial charge in [-0.1, -0.05) is 94.0 Å². The van der Waals surface area contributed by atoms with Crippen molar-refractivity contribution in [3.63, 3.8) is 0 Å². The summed E-state index contributed by atoms with van der Waals surface area (Å²) in [5.74, 6) is 2.92. The molecule has 34 heavy (non-hydrogen) atoms. The van der Waals surface area contributed by atoms with Gasteiger partial charge in [0, 0.05) is 0 Å². The van der Waals surface area contributed by atoms with Crippen molar-refractivity contribution >= 4 is 0 Å². The Morgan fingerprint density at radius 3 is 1.94 bits per heavy atom. The Morgan fingerprint density at radius 2 is 1.35 bits per heavy atom. The summed E-state index contributed by atoms with van der Waals surface area (Å²) in [6.07, 6.45) is 22.6. The Morgan fingerprint density at radius 1 is 0.765 bits per heavy atom. The Bertz CT molecular complexity index is 839. The van der Waals surface area contributed by atoms with Crippen molar-refractivity contribution in [2.24, 2.45) is 11.8 Å². The summed E-state index contributed by atoms with van der Waals surface area (Å²) in [5.41, 5.74) is 5.89. The zero-order valence-corrected chi connectivity index (χ0v) is 22.2. The average Bonchev–Trinajstić information content (AvgIpc) is 2.88. The highest BCUT2D eigenvalue weighted by Gasteiger charge is 2.21. The number of benzene rings is 2. The van der Waals surface area contributed by atoms with Crippen molar-refractivity contribution in [1.29, 1.82) is 0 Å². The molecule has 0 aliphatic heterocycles. The first-order valence-corrected chi connectivity index (χ1v) is 14.1. The molecule has 0 radical (unpaired) electrons. The van der Waals surface area contributed by atoms with E-state index < -0.39 is 0 Å². The Balaban J connectivity index is 1.37. The van der Waals surface area contributed by atoms with E-state index in [4.69, 9.17) is 4.74 Å². The lowest BCUT2D eigenvalue weighted by atomic mass is 9.77. The van der Waals surface area contributed by atoms with Crippen molar-refractivity contribution in [2.75, 3.05) is 7.11 Å². The standard InChI is InChI=1S/C33H48O/c1-4-6-8-10-27-12-14-28(15-13-27)16-17-29-18-20-30(21-19-29)22-23-31-24-25-33(34-3)32(26-31)11-9-7-5-2/h4,6,12-15,24-26,29-30H,5,7-11,16-23H2,1-3H3. The van der Waals surface area contributed by atoms with Crippen LogP contribution in [-0.2, 0) is 25.7 Å². The van der Waals surface area contributed by atoms with Crippen molar-refractivity contribution < 1.29 is 4.74 Å². The molecule has 2 aromatic rings. The summed E-state index contributed by atoms with van der Waals surface area (Å²) in [6.45, 7) is 4.37. The minimum Gasteiger partial charge on any atom is -0.496 e. The van der Waals surface area contributed by atoms with Gasteiger partial charge in [-0.2, -0.15) is 0 Å². The highest BCUT2D eigenvalue weighted by molar-refractivity contribution is 5.37. The van der Waals surface area contributed by atoms with Crippen LogP contribution in [0.5, 0.6) is 5.75 Å². The van der Waals surface area contributed by atoms with Gasteiger partial charge in [-0.25, -0.2) is 0 Å². The van der Waals surface area contributed by atoms with Crippen LogP contribution in [0, 0.1) is 11.8 Å². The van der Waals surface area contributed by atoms with E-state index in [2.05, 4.69) is 68.5 Å². The molecular formula is C33H48O. The van der Waals surface area contributed by atoms with E-state index in [1.807, 2.05) is 0 Å². The maximum absolute atomic E-state index is 5.62. The van der Waals surface area contributed by atoms with Crippen molar-refractivity contribution in [1.82, 2.24) is 0 Å². The molecule has 1 aliphatic carbocycles. The molecule has 1 fully saturated rings. The lowest BCUT2D eigenvalue weighted by molar-refractivity contribution is 0.253. The molecule has 0 unspecified atom stereocenters. The molecule has 3 rings (SSSR count). The first kappa shape index (κ1) is 26.6. The molecule has 0 aromatic heterocycles. The fourth-order valence-corrected chi connectivity index (χ4v) is 5.59. The van der Waals surface area contributed by atoms with Gasteiger partial charge in [0.15, 0.2) is 0 Å². The van der Waals surface area contributed by atoms with Gasteiger partial charge in [0.2, 0.25) is 0 Å². The van der Waals surface area contributed by atoms with Gasteiger partial charge in [-0.15, -0.1) is 0 Å². The Hall–Kier alpha value is -2.02. The van der Waals surface area contributed by atoms with Crippen LogP contribution < -0.4 is 4.74 Å². The fourth-order valence-electron chi connectivity index (χ4n) is 5.59. The Labute approximate surface area is 210 Å². The summed E-state index contributed by atoms with van der Waals surface area (Å²) in [7, 11) is 1.80. The highest BCUT2D eigenvalue weighted by atomic mass is 16.5. The predicted octanol–water partition coefficient (Wildman–Crippen LogP) is 9.31. The first-order chi connectivity index (χ1) is 16.7. The highest BCUT2D eigenvalue weighted by Crippen LogP contribution is 2.34. The third-order valence-electron chi connectivity index (χ3n) is 7.90. The van der Waals surface area contributed by atoms with Crippen LogP contribution in [-0.4, -0.2) is 7.11 Å². The van der Waals surface area contributed by atoms with Gasteiger partial charge >= 0.3 is 0 Å². The van der Waals surface area contributed by atoms with E-state index in [1.165, 1.54) is 92.9 Å². The summed E-state index contributed by atoms with van der Waals surface area (Å²) >= 11 is 0. The van der Waals surface area contributed by atoms with Crippen molar-refractivity contribution in [3.8, 4) is 5.75 Å². The predicted molar refractivity (Wildman–Crippen MR) is 148 cm³/mol.